The van der Waals surface area contributed by atoms with Crippen LogP contribution in [0.1, 0.15) is 5.56 Å². The third-order valence-electron chi connectivity index (χ3n) is 4.25. The van der Waals surface area contributed by atoms with Crippen LogP contribution in [0.4, 0.5) is 11.6 Å². The number of hydrogen-bond donors (Lipinski definition) is 0. The van der Waals surface area contributed by atoms with Gasteiger partial charge in [-0.3, -0.25) is 19.2 Å². The molecule has 162 valence electrons. The SMILES string of the molecule is CN(C)[n+]1cc(/N=C(/[O-])CSC2=N/C(=C/c3cccnc3)C(=O)N2c2ccccc2)on1. The molecule has 0 unspecified atom stereocenters. The average Bonchev–Trinajstić information content (AvgIpc) is 3.38. The molecule has 0 N–H and O–H groups in total. The summed E-state index contributed by atoms with van der Waals surface area (Å²) in [5.74, 6) is -0.664. The summed E-state index contributed by atoms with van der Waals surface area (Å²) < 4.78 is 5.02. The summed E-state index contributed by atoms with van der Waals surface area (Å²) in [4.78, 5) is 28.4. The van der Waals surface area contributed by atoms with Crippen LogP contribution in [0.15, 0.2) is 81.3 Å². The number of nitrogens with zero attached hydrogens (tertiary/aromatic N) is 7. The van der Waals surface area contributed by atoms with Crippen molar-refractivity contribution in [2.75, 3.05) is 29.8 Å². The van der Waals surface area contributed by atoms with Crippen LogP contribution in [0.25, 0.3) is 6.08 Å². The van der Waals surface area contributed by atoms with Crippen molar-refractivity contribution in [2.45, 2.75) is 0 Å². The van der Waals surface area contributed by atoms with Gasteiger partial charge in [0.25, 0.3) is 12.1 Å². The summed E-state index contributed by atoms with van der Waals surface area (Å²) >= 11 is 1.12. The molecule has 4 rings (SSSR count). The average molecular weight is 449 g/mol. The van der Waals surface area contributed by atoms with Crippen LogP contribution in [0.5, 0.6) is 0 Å². The number of hydrogen-bond acceptors (Lipinski definition) is 9. The Morgan fingerprint density at radius 2 is 2.09 bits per heavy atom. The molecule has 1 aliphatic rings. The Morgan fingerprint density at radius 3 is 2.78 bits per heavy atom. The quantitative estimate of drug-likeness (QED) is 0.240. The molecule has 0 aliphatic carbocycles. The standard InChI is InChI=1S/C21H19N7O3S/c1-26(2)27-13-19(31-25-27)24-18(29)14-32-21-23-17(11-15-7-6-10-22-12-15)20(30)28(21)16-8-4-3-5-9-16/h3-13H,14H2,1-2H3/b17-11+. The lowest BCUT2D eigenvalue weighted by molar-refractivity contribution is -0.753. The van der Waals surface area contributed by atoms with E-state index in [1.807, 2.05) is 36.4 Å². The van der Waals surface area contributed by atoms with Crippen molar-refractivity contribution in [3.05, 3.63) is 72.3 Å². The topological polar surface area (TPSA) is 114 Å². The van der Waals surface area contributed by atoms with Gasteiger partial charge in [0.15, 0.2) is 5.17 Å². The van der Waals surface area contributed by atoms with Crippen molar-refractivity contribution in [3.8, 4) is 0 Å². The van der Waals surface area contributed by atoms with Crippen molar-refractivity contribution in [2.24, 2.45) is 9.98 Å². The van der Waals surface area contributed by atoms with Gasteiger partial charge in [0.05, 0.1) is 24.6 Å². The molecule has 0 atom stereocenters. The number of thioether (sulfide) groups is 1. The number of aromatic nitrogens is 3. The van der Waals surface area contributed by atoms with Crippen LogP contribution >= 0.6 is 11.8 Å². The highest BCUT2D eigenvalue weighted by molar-refractivity contribution is 8.14. The first kappa shape index (κ1) is 21.2. The van der Waals surface area contributed by atoms with E-state index >= 15 is 0 Å². The molecule has 3 aromatic rings. The van der Waals surface area contributed by atoms with Crippen molar-refractivity contribution in [1.29, 1.82) is 0 Å². The highest BCUT2D eigenvalue weighted by Crippen LogP contribution is 2.29. The van der Waals surface area contributed by atoms with E-state index < -0.39 is 5.90 Å². The Bertz CT molecular complexity index is 1190. The zero-order valence-corrected chi connectivity index (χ0v) is 18.1. The Morgan fingerprint density at radius 1 is 1.28 bits per heavy atom. The maximum absolute atomic E-state index is 13.1. The van der Waals surface area contributed by atoms with Crippen molar-refractivity contribution >= 4 is 46.4 Å². The largest absolute Gasteiger partial charge is 0.861 e. The minimum atomic E-state index is -0.440. The van der Waals surface area contributed by atoms with Gasteiger partial charge in [-0.05, 0) is 35.7 Å². The Labute approximate surface area is 188 Å². The van der Waals surface area contributed by atoms with Gasteiger partial charge >= 0.3 is 5.88 Å². The third-order valence-corrected chi connectivity index (χ3v) is 5.17. The number of rotatable bonds is 6. The fourth-order valence-electron chi connectivity index (χ4n) is 2.77. The van der Waals surface area contributed by atoms with Gasteiger partial charge in [-0.15, -0.1) is 0 Å². The van der Waals surface area contributed by atoms with Crippen molar-refractivity contribution in [3.63, 3.8) is 0 Å². The summed E-state index contributed by atoms with van der Waals surface area (Å²) in [7, 11) is 3.54. The van der Waals surface area contributed by atoms with Gasteiger partial charge in [0.2, 0.25) is 5.27 Å². The Balaban J connectivity index is 1.57. The second kappa shape index (κ2) is 9.43. The van der Waals surface area contributed by atoms with Crippen LogP contribution in [0, 0.1) is 0 Å². The summed E-state index contributed by atoms with van der Waals surface area (Å²) in [5.41, 5.74) is 1.67. The molecule has 0 saturated heterocycles. The smallest absolute Gasteiger partial charge is 0.324 e. The summed E-state index contributed by atoms with van der Waals surface area (Å²) in [6.07, 6.45) is 6.46. The highest BCUT2D eigenvalue weighted by atomic mass is 32.2. The van der Waals surface area contributed by atoms with E-state index in [1.165, 1.54) is 15.9 Å². The molecule has 1 aliphatic heterocycles. The summed E-state index contributed by atoms with van der Waals surface area (Å²) in [6, 6.07) is 12.8. The van der Waals surface area contributed by atoms with E-state index in [0.29, 0.717) is 10.9 Å². The van der Waals surface area contributed by atoms with Crippen LogP contribution in [-0.4, -0.2) is 47.1 Å². The fraction of sp³-hybridized carbons (Fsp3) is 0.143. The second-order valence-corrected chi connectivity index (χ2v) is 7.73. The zero-order chi connectivity index (χ0) is 22.5. The lowest BCUT2D eigenvalue weighted by atomic mass is 10.2. The summed E-state index contributed by atoms with van der Waals surface area (Å²) in [5, 5.41) is 18.2. The third kappa shape index (κ3) is 4.83. The number of anilines is 1. The number of para-hydroxylation sites is 1. The predicted molar refractivity (Wildman–Crippen MR) is 120 cm³/mol. The molecule has 1 amide bonds. The molecular weight excluding hydrogens is 430 g/mol. The molecule has 10 nitrogen and oxygen atoms in total. The molecule has 11 heteroatoms. The van der Waals surface area contributed by atoms with Gasteiger partial charge in [0.1, 0.15) is 5.70 Å². The van der Waals surface area contributed by atoms with Gasteiger partial charge < -0.3 is 5.11 Å². The van der Waals surface area contributed by atoms with E-state index in [-0.39, 0.29) is 23.2 Å². The van der Waals surface area contributed by atoms with Crippen LogP contribution in [0.2, 0.25) is 0 Å². The highest BCUT2D eigenvalue weighted by Gasteiger charge is 2.31. The van der Waals surface area contributed by atoms with Gasteiger partial charge in [-0.25, -0.2) is 9.98 Å². The number of benzene rings is 1. The summed E-state index contributed by atoms with van der Waals surface area (Å²) in [6.45, 7) is 0. The maximum atomic E-state index is 13.1. The molecule has 32 heavy (non-hydrogen) atoms. The van der Waals surface area contributed by atoms with Gasteiger partial charge in [-0.1, -0.05) is 36.0 Å². The van der Waals surface area contributed by atoms with E-state index in [4.69, 9.17) is 4.52 Å². The first-order valence-corrected chi connectivity index (χ1v) is 10.5. The lowest BCUT2D eigenvalue weighted by Crippen LogP contribution is -2.53. The predicted octanol–water partition coefficient (Wildman–Crippen LogP) is 1.12. The lowest BCUT2D eigenvalue weighted by Gasteiger charge is -2.18. The zero-order valence-electron chi connectivity index (χ0n) is 17.3. The van der Waals surface area contributed by atoms with Crippen molar-refractivity contribution < 1.29 is 19.2 Å². The van der Waals surface area contributed by atoms with Crippen LogP contribution in [-0.2, 0) is 4.79 Å². The molecule has 0 radical (unpaired) electrons. The minimum absolute atomic E-state index is 0.0295. The van der Waals surface area contributed by atoms with Gasteiger partial charge in [-0.2, -0.15) is 5.01 Å². The van der Waals surface area contributed by atoms with E-state index in [9.17, 15) is 9.90 Å². The first-order chi connectivity index (χ1) is 15.5. The Kier molecular flexibility index (Phi) is 6.26. The molecular formula is C21H19N7O3S. The number of pyridine rings is 1. The molecule has 0 fully saturated rings. The second-order valence-electron chi connectivity index (χ2n) is 6.79. The van der Waals surface area contributed by atoms with Gasteiger partial charge in [0, 0.05) is 18.1 Å². The van der Waals surface area contributed by atoms with Crippen molar-refractivity contribution in [1.82, 2.24) is 10.3 Å². The van der Waals surface area contributed by atoms with Crippen LogP contribution < -0.4 is 19.8 Å². The Hall–Kier alpha value is -3.99. The molecule has 0 saturated carbocycles. The first-order valence-electron chi connectivity index (χ1n) is 9.55. The number of amidine groups is 1. The van der Waals surface area contributed by atoms with E-state index in [0.717, 1.165) is 17.3 Å². The van der Waals surface area contributed by atoms with E-state index in [1.54, 1.807) is 43.6 Å². The monoisotopic (exact) mass is 449 g/mol. The molecule has 2 aromatic heterocycles. The molecule has 0 bridgehead atoms. The number of carbonyl (C=O) groups is 1. The van der Waals surface area contributed by atoms with E-state index in [2.05, 4.69) is 20.2 Å². The van der Waals surface area contributed by atoms with Crippen LogP contribution in [0.3, 0.4) is 0 Å². The number of amides is 1. The number of aliphatic imine (C=N–C) groups is 2. The maximum Gasteiger partial charge on any atom is 0.324 e. The fourth-order valence-corrected chi connectivity index (χ4v) is 3.56. The molecule has 0 spiro atoms. The minimum Gasteiger partial charge on any atom is -0.861 e. The normalized spacial score (nSPS) is 15.4. The number of carbonyl (C=O) groups excluding carboxylic acids is 1. The molecule has 1 aromatic carbocycles. The molecule has 3 heterocycles.